The molecule has 1 aliphatic heterocycles. The van der Waals surface area contributed by atoms with E-state index in [4.69, 9.17) is 9.63 Å². The van der Waals surface area contributed by atoms with Crippen LogP contribution in [-0.4, -0.2) is 27.7 Å². The molecule has 1 fully saturated rings. The van der Waals surface area contributed by atoms with Gasteiger partial charge in [0.25, 0.3) is 0 Å². The highest BCUT2D eigenvalue weighted by atomic mass is 32.2. The van der Waals surface area contributed by atoms with Gasteiger partial charge in [-0.05, 0) is 30.3 Å². The molecule has 4 nitrogen and oxygen atoms in total. The van der Waals surface area contributed by atoms with Crippen LogP contribution < -0.4 is 0 Å². The molecule has 1 aromatic heterocycles. The van der Waals surface area contributed by atoms with Crippen LogP contribution in [0.2, 0.25) is 0 Å². The summed E-state index contributed by atoms with van der Waals surface area (Å²) in [5.41, 5.74) is 0.762. The molecule has 0 spiro atoms. The zero-order chi connectivity index (χ0) is 9.97. The molecule has 0 bridgehead atoms. The topological polar surface area (TPSA) is 63.3 Å². The Labute approximate surface area is 85.7 Å². The first-order valence-electron chi connectivity index (χ1n) is 4.54. The highest BCUT2D eigenvalue weighted by molar-refractivity contribution is 7.99. The molecule has 5 heteroatoms. The lowest BCUT2D eigenvalue weighted by atomic mass is 9.94. The predicted octanol–water partition coefficient (Wildman–Crippen LogP) is 1.98. The fourth-order valence-electron chi connectivity index (χ4n) is 1.71. The van der Waals surface area contributed by atoms with Crippen LogP contribution in [0.25, 0.3) is 0 Å². The van der Waals surface area contributed by atoms with Crippen molar-refractivity contribution >= 4 is 17.7 Å². The molecule has 1 aromatic rings. The van der Waals surface area contributed by atoms with Crippen LogP contribution in [0.1, 0.15) is 34.9 Å². The Kier molecular flexibility index (Phi) is 2.77. The van der Waals surface area contributed by atoms with E-state index in [2.05, 4.69) is 5.16 Å². The normalized spacial score (nSPS) is 18.3. The number of thioether (sulfide) groups is 1. The lowest BCUT2D eigenvalue weighted by Gasteiger charge is -2.19. The Balaban J connectivity index is 2.21. The fourth-order valence-corrected chi connectivity index (χ4v) is 2.82. The molecule has 0 aromatic carbocycles. The highest BCUT2D eigenvalue weighted by Gasteiger charge is 2.24. The largest absolute Gasteiger partial charge is 0.475 e. The number of carboxylic acid groups (broad SMARTS) is 1. The maximum absolute atomic E-state index is 10.8. The van der Waals surface area contributed by atoms with Crippen molar-refractivity contribution in [2.45, 2.75) is 18.8 Å². The molecule has 1 saturated heterocycles. The van der Waals surface area contributed by atoms with Gasteiger partial charge in [-0.3, -0.25) is 0 Å². The zero-order valence-electron chi connectivity index (χ0n) is 7.60. The van der Waals surface area contributed by atoms with Gasteiger partial charge in [0, 0.05) is 5.56 Å². The monoisotopic (exact) mass is 213 g/mol. The molecule has 0 unspecified atom stereocenters. The van der Waals surface area contributed by atoms with E-state index in [1.54, 1.807) is 6.20 Å². The van der Waals surface area contributed by atoms with Crippen molar-refractivity contribution < 1.29 is 14.4 Å². The summed E-state index contributed by atoms with van der Waals surface area (Å²) in [5, 5.41) is 12.4. The standard InChI is InChI=1S/C9H11NO3S/c11-9(12)8-7(5-10-13-8)6-1-3-14-4-2-6/h5-6H,1-4H2,(H,11,12). The number of carbonyl (C=O) groups is 1. The van der Waals surface area contributed by atoms with Gasteiger partial charge in [-0.15, -0.1) is 0 Å². The van der Waals surface area contributed by atoms with Gasteiger partial charge in [0.1, 0.15) is 0 Å². The Morgan fingerprint density at radius 3 is 2.93 bits per heavy atom. The van der Waals surface area contributed by atoms with E-state index in [9.17, 15) is 4.79 Å². The number of aromatic nitrogens is 1. The highest BCUT2D eigenvalue weighted by Crippen LogP contribution is 2.33. The maximum Gasteiger partial charge on any atom is 0.375 e. The third-order valence-corrected chi connectivity index (χ3v) is 3.50. The second-order valence-electron chi connectivity index (χ2n) is 3.30. The van der Waals surface area contributed by atoms with Gasteiger partial charge >= 0.3 is 5.97 Å². The molecule has 1 aliphatic rings. The lowest BCUT2D eigenvalue weighted by molar-refractivity contribution is 0.0649. The first-order valence-corrected chi connectivity index (χ1v) is 5.70. The van der Waals surface area contributed by atoms with Crippen molar-refractivity contribution in [2.75, 3.05) is 11.5 Å². The van der Waals surface area contributed by atoms with Gasteiger partial charge in [0.15, 0.2) is 0 Å². The van der Waals surface area contributed by atoms with Crippen LogP contribution in [0.4, 0.5) is 0 Å². The van der Waals surface area contributed by atoms with Gasteiger partial charge in [0.2, 0.25) is 5.76 Å². The van der Waals surface area contributed by atoms with E-state index in [0.29, 0.717) is 5.92 Å². The van der Waals surface area contributed by atoms with Crippen molar-refractivity contribution in [3.05, 3.63) is 17.5 Å². The minimum Gasteiger partial charge on any atom is -0.475 e. The Morgan fingerprint density at radius 2 is 2.29 bits per heavy atom. The second kappa shape index (κ2) is 4.04. The van der Waals surface area contributed by atoms with Crippen LogP contribution in [-0.2, 0) is 0 Å². The molecule has 76 valence electrons. The van der Waals surface area contributed by atoms with Crippen LogP contribution in [0.15, 0.2) is 10.7 Å². The third kappa shape index (κ3) is 1.77. The summed E-state index contributed by atoms with van der Waals surface area (Å²) in [4.78, 5) is 10.8. The molecule has 14 heavy (non-hydrogen) atoms. The van der Waals surface area contributed by atoms with Crippen molar-refractivity contribution in [2.24, 2.45) is 0 Å². The van der Waals surface area contributed by atoms with Gasteiger partial charge in [-0.2, -0.15) is 11.8 Å². The Morgan fingerprint density at radius 1 is 1.57 bits per heavy atom. The van der Waals surface area contributed by atoms with Gasteiger partial charge in [-0.1, -0.05) is 5.16 Å². The number of nitrogens with zero attached hydrogens (tertiary/aromatic N) is 1. The molecular formula is C9H11NO3S. The number of carboxylic acids is 1. The summed E-state index contributed by atoms with van der Waals surface area (Å²) in [7, 11) is 0. The van der Waals surface area contributed by atoms with Crippen LogP contribution in [0.5, 0.6) is 0 Å². The average molecular weight is 213 g/mol. The van der Waals surface area contributed by atoms with E-state index in [1.807, 2.05) is 11.8 Å². The van der Waals surface area contributed by atoms with Crippen molar-refractivity contribution in [1.82, 2.24) is 5.16 Å². The number of aromatic carboxylic acids is 1. The number of hydrogen-bond donors (Lipinski definition) is 1. The molecule has 2 rings (SSSR count). The SMILES string of the molecule is O=C(O)c1oncc1C1CCSCC1. The minimum atomic E-state index is -1.02. The second-order valence-corrected chi connectivity index (χ2v) is 4.53. The van der Waals surface area contributed by atoms with Crippen LogP contribution in [0.3, 0.4) is 0 Å². The smallest absolute Gasteiger partial charge is 0.375 e. The quantitative estimate of drug-likeness (QED) is 0.813. The summed E-state index contributed by atoms with van der Waals surface area (Å²) in [5.74, 6) is 1.50. The molecule has 0 atom stereocenters. The third-order valence-electron chi connectivity index (χ3n) is 2.45. The zero-order valence-corrected chi connectivity index (χ0v) is 8.42. The Bertz CT molecular complexity index is 331. The van der Waals surface area contributed by atoms with Crippen LogP contribution in [0, 0.1) is 0 Å². The minimum absolute atomic E-state index is 0.0156. The first-order chi connectivity index (χ1) is 6.79. The van der Waals surface area contributed by atoms with Crippen molar-refractivity contribution in [3.63, 3.8) is 0 Å². The van der Waals surface area contributed by atoms with Gasteiger partial charge < -0.3 is 9.63 Å². The molecule has 0 amide bonds. The van der Waals surface area contributed by atoms with E-state index >= 15 is 0 Å². The summed E-state index contributed by atoms with van der Waals surface area (Å²) in [6, 6.07) is 0. The van der Waals surface area contributed by atoms with E-state index in [0.717, 1.165) is 29.9 Å². The van der Waals surface area contributed by atoms with E-state index in [-0.39, 0.29) is 5.76 Å². The fraction of sp³-hybridized carbons (Fsp3) is 0.556. The molecule has 2 heterocycles. The molecule has 1 N–H and O–H groups in total. The summed E-state index contributed by atoms with van der Waals surface area (Å²) in [6.07, 6.45) is 3.59. The first kappa shape index (κ1) is 9.58. The molecule has 0 saturated carbocycles. The van der Waals surface area contributed by atoms with E-state index < -0.39 is 5.97 Å². The summed E-state index contributed by atoms with van der Waals surface area (Å²) < 4.78 is 4.72. The molecular weight excluding hydrogens is 202 g/mol. The van der Waals surface area contributed by atoms with Gasteiger partial charge in [0.05, 0.1) is 6.20 Å². The van der Waals surface area contributed by atoms with Crippen LogP contribution >= 0.6 is 11.8 Å². The van der Waals surface area contributed by atoms with Crippen molar-refractivity contribution in [3.8, 4) is 0 Å². The maximum atomic E-state index is 10.8. The van der Waals surface area contributed by atoms with E-state index in [1.165, 1.54) is 0 Å². The number of hydrogen-bond acceptors (Lipinski definition) is 4. The summed E-state index contributed by atoms with van der Waals surface area (Å²) in [6.45, 7) is 0. The molecule has 0 aliphatic carbocycles. The lowest BCUT2D eigenvalue weighted by Crippen LogP contribution is -2.10. The summed E-state index contributed by atoms with van der Waals surface area (Å²) >= 11 is 1.91. The average Bonchev–Trinajstić information content (AvgIpc) is 2.67. The number of rotatable bonds is 2. The predicted molar refractivity (Wildman–Crippen MR) is 52.8 cm³/mol. The van der Waals surface area contributed by atoms with Gasteiger partial charge in [-0.25, -0.2) is 4.79 Å². The van der Waals surface area contributed by atoms with Crippen molar-refractivity contribution in [1.29, 1.82) is 0 Å². The Hall–Kier alpha value is -0.970. The molecule has 0 radical (unpaired) electrons.